The zero-order valence-electron chi connectivity index (χ0n) is 24.5. The lowest BCUT2D eigenvalue weighted by Gasteiger charge is -2.38. The molecule has 5 aromatic rings. The fraction of sp³-hybridized carbons (Fsp3) is 0.257. The Hall–Kier alpha value is -3.37. The normalized spacial score (nSPS) is 13.0. The van der Waals surface area contributed by atoms with E-state index in [4.69, 9.17) is 9.97 Å². The zero-order valence-corrected chi connectivity index (χ0v) is 27.1. The fourth-order valence-corrected chi connectivity index (χ4v) is 13.7. The van der Waals surface area contributed by atoms with Gasteiger partial charge in [0.2, 0.25) is 0 Å². The van der Waals surface area contributed by atoms with Crippen LogP contribution in [0.25, 0.3) is 21.6 Å². The minimum Gasteiger partial charge on any atom is -0.300 e. The predicted molar refractivity (Wildman–Crippen MR) is 180 cm³/mol. The number of aromatic nitrogens is 2. The van der Waals surface area contributed by atoms with Crippen molar-refractivity contribution in [3.05, 3.63) is 90.6 Å². The highest BCUT2D eigenvalue weighted by Crippen LogP contribution is 2.53. The summed E-state index contributed by atoms with van der Waals surface area (Å²) < 4.78 is 0. The van der Waals surface area contributed by atoms with E-state index in [9.17, 15) is 0 Å². The van der Waals surface area contributed by atoms with Crippen LogP contribution >= 0.6 is 23.1 Å². The Morgan fingerprint density at radius 2 is 1.20 bits per heavy atom. The van der Waals surface area contributed by atoms with E-state index in [1.54, 1.807) is 11.3 Å². The number of anilines is 3. The van der Waals surface area contributed by atoms with E-state index in [1.165, 1.54) is 21.2 Å². The van der Waals surface area contributed by atoms with E-state index < -0.39 is 8.07 Å². The second kappa shape index (κ2) is 11.1. The highest BCUT2D eigenvalue weighted by Gasteiger charge is 2.41. The molecular formula is C35H35N3S2Si. The fourth-order valence-electron chi connectivity index (χ4n) is 6.38. The summed E-state index contributed by atoms with van der Waals surface area (Å²) in [6.45, 7) is 14.1. The van der Waals surface area contributed by atoms with Gasteiger partial charge in [-0.3, -0.25) is 4.90 Å². The number of thiophene rings is 1. The average Bonchev–Trinajstić information content (AvgIpc) is 3.45. The van der Waals surface area contributed by atoms with Gasteiger partial charge in [0, 0.05) is 9.79 Å². The lowest BCUT2D eigenvalue weighted by atomic mass is 10.2. The molecular weight excluding hydrogens is 555 g/mol. The number of hydrogen-bond acceptors (Lipinski definition) is 5. The lowest BCUT2D eigenvalue weighted by molar-refractivity contribution is 0.838. The van der Waals surface area contributed by atoms with E-state index in [1.807, 2.05) is 36.0 Å². The van der Waals surface area contributed by atoms with Crippen molar-refractivity contribution < 1.29 is 0 Å². The minimum atomic E-state index is -1.94. The van der Waals surface area contributed by atoms with E-state index in [-0.39, 0.29) is 0 Å². The summed E-state index contributed by atoms with van der Waals surface area (Å²) in [7, 11) is -1.94. The molecule has 0 aliphatic carbocycles. The number of rotatable bonds is 5. The van der Waals surface area contributed by atoms with Crippen LogP contribution in [0.1, 0.15) is 47.2 Å². The Kier molecular flexibility index (Phi) is 7.54. The van der Waals surface area contributed by atoms with Gasteiger partial charge in [0.25, 0.3) is 0 Å². The molecule has 0 saturated heterocycles. The molecule has 0 spiro atoms. The Balaban J connectivity index is 1.51. The van der Waals surface area contributed by atoms with Crippen LogP contribution in [0.5, 0.6) is 0 Å². The van der Waals surface area contributed by atoms with Crippen LogP contribution in [0.3, 0.4) is 0 Å². The molecule has 41 heavy (non-hydrogen) atoms. The first kappa shape index (κ1) is 27.8. The van der Waals surface area contributed by atoms with Crippen molar-refractivity contribution in [1.29, 1.82) is 0 Å². The van der Waals surface area contributed by atoms with Crippen LogP contribution in [-0.4, -0.2) is 18.0 Å². The van der Waals surface area contributed by atoms with Crippen LogP contribution in [0.15, 0.2) is 94.7 Å². The maximum absolute atomic E-state index is 5.17. The molecule has 0 radical (unpaired) electrons. The van der Waals surface area contributed by atoms with Crippen LogP contribution < -0.4 is 4.90 Å². The highest BCUT2D eigenvalue weighted by atomic mass is 32.2. The molecule has 6 rings (SSSR count). The van der Waals surface area contributed by atoms with Crippen LogP contribution in [-0.2, 0) is 0 Å². The molecule has 3 aromatic carbocycles. The summed E-state index contributed by atoms with van der Waals surface area (Å²) in [6, 6.07) is 29.8. The quantitative estimate of drug-likeness (QED) is 0.148. The number of nitrogens with zero attached hydrogens (tertiary/aromatic N) is 3. The smallest absolute Gasteiger partial charge is 0.146 e. The zero-order chi connectivity index (χ0) is 28.7. The second-order valence-electron chi connectivity index (χ2n) is 11.6. The van der Waals surface area contributed by atoms with Gasteiger partial charge in [-0.15, -0.1) is 16.9 Å². The third-order valence-corrected chi connectivity index (χ3v) is 16.8. The molecule has 0 fully saturated rings. The van der Waals surface area contributed by atoms with Crippen molar-refractivity contribution in [1.82, 2.24) is 9.97 Å². The van der Waals surface area contributed by atoms with Crippen molar-refractivity contribution in [3.63, 3.8) is 0 Å². The molecule has 1 aliphatic heterocycles. The molecule has 3 nitrogen and oxygen atoms in total. The topological polar surface area (TPSA) is 29.0 Å². The van der Waals surface area contributed by atoms with Gasteiger partial charge < -0.3 is 0 Å². The van der Waals surface area contributed by atoms with Gasteiger partial charge in [-0.2, -0.15) is 0 Å². The number of hydrogen-bond donors (Lipinski definition) is 0. The third-order valence-electron chi connectivity index (χ3n) is 8.31. The minimum absolute atomic E-state index is 0.553. The molecule has 0 atom stereocenters. The molecule has 1 aliphatic rings. The summed E-state index contributed by atoms with van der Waals surface area (Å²) in [5.74, 6) is 3.64. The van der Waals surface area contributed by atoms with Crippen molar-refractivity contribution in [2.75, 3.05) is 4.90 Å². The first-order chi connectivity index (χ1) is 19.8. The van der Waals surface area contributed by atoms with E-state index in [2.05, 4.69) is 119 Å². The van der Waals surface area contributed by atoms with E-state index >= 15 is 0 Å². The highest BCUT2D eigenvalue weighted by molar-refractivity contribution is 7.99. The molecule has 2 aromatic heterocycles. The van der Waals surface area contributed by atoms with Gasteiger partial charge in [0.15, 0.2) is 0 Å². The number of para-hydroxylation sites is 4. The van der Waals surface area contributed by atoms with Crippen molar-refractivity contribution in [2.24, 2.45) is 0 Å². The molecule has 0 bridgehead atoms. The van der Waals surface area contributed by atoms with Gasteiger partial charge in [-0.25, -0.2) is 9.97 Å². The largest absolute Gasteiger partial charge is 0.300 e. The van der Waals surface area contributed by atoms with Gasteiger partial charge in [0.1, 0.15) is 24.5 Å². The Morgan fingerprint density at radius 1 is 0.659 bits per heavy atom. The maximum atomic E-state index is 5.17. The van der Waals surface area contributed by atoms with Gasteiger partial charge in [-0.1, -0.05) is 95.6 Å². The summed E-state index contributed by atoms with van der Waals surface area (Å²) in [4.78, 5) is 16.3. The van der Waals surface area contributed by atoms with Crippen molar-refractivity contribution >= 4 is 58.6 Å². The molecule has 0 unspecified atom stereocenters. The average molecular weight is 590 g/mol. The summed E-state index contributed by atoms with van der Waals surface area (Å²) in [5, 5.41) is 1.16. The van der Waals surface area contributed by atoms with Crippen molar-refractivity contribution in [2.45, 2.75) is 68.0 Å². The molecule has 3 heterocycles. The Morgan fingerprint density at radius 3 is 1.78 bits per heavy atom. The number of benzene rings is 3. The first-order valence-electron chi connectivity index (χ1n) is 14.4. The molecule has 0 N–H and O–H groups in total. The van der Waals surface area contributed by atoms with E-state index in [0.29, 0.717) is 16.6 Å². The number of fused-ring (bicyclic) bond motifs is 3. The van der Waals surface area contributed by atoms with Crippen LogP contribution in [0.2, 0.25) is 16.6 Å². The van der Waals surface area contributed by atoms with E-state index in [0.717, 1.165) is 32.3 Å². The molecule has 206 valence electrons. The van der Waals surface area contributed by atoms with Crippen molar-refractivity contribution in [3.8, 4) is 22.0 Å². The van der Waals surface area contributed by atoms with Crippen LogP contribution in [0.4, 0.5) is 16.4 Å². The SMILES string of the molecule is CC(C)[Si](C#Cc1nc2ccccc2nc1-c1ccc(N2c3ccccc3Sc3ccccc32)s1)(C(C)C)C(C)C. The van der Waals surface area contributed by atoms with Gasteiger partial charge >= 0.3 is 0 Å². The Bertz CT molecular complexity index is 1730. The lowest BCUT2D eigenvalue weighted by Crippen LogP contribution is -2.43. The molecule has 0 saturated carbocycles. The van der Waals surface area contributed by atoms with Gasteiger partial charge in [-0.05, 0) is 65.2 Å². The summed E-state index contributed by atoms with van der Waals surface area (Å²) >= 11 is 3.58. The first-order valence-corrected chi connectivity index (χ1v) is 18.2. The molecule has 6 heteroatoms. The second-order valence-corrected chi connectivity index (χ2v) is 19.3. The molecule has 0 amide bonds. The Labute approximate surface area is 253 Å². The standard InChI is InChI=1S/C35H35N3S2Si/c1-23(2)41(24(3)4,25(5)6)22-21-28-35(37-27-14-8-7-13-26(27)36-28)33-19-20-34(40-33)38-29-15-9-11-17-31(29)39-32-18-12-10-16-30(32)38/h7-20,23-25H,1-6H3. The third kappa shape index (κ3) is 4.90. The maximum Gasteiger partial charge on any atom is 0.146 e. The summed E-state index contributed by atoms with van der Waals surface area (Å²) in [5.41, 5.74) is 11.4. The van der Waals surface area contributed by atoms with Gasteiger partial charge in [0.05, 0.1) is 27.3 Å². The monoisotopic (exact) mass is 589 g/mol. The summed E-state index contributed by atoms with van der Waals surface area (Å²) in [6.07, 6.45) is 0. The van der Waals surface area contributed by atoms with Crippen LogP contribution in [0, 0.1) is 11.5 Å². The predicted octanol–water partition coefficient (Wildman–Crippen LogP) is 10.9.